The van der Waals surface area contributed by atoms with Crippen LogP contribution in [0.2, 0.25) is 0 Å². The van der Waals surface area contributed by atoms with Crippen LogP contribution in [-0.4, -0.2) is 19.1 Å². The van der Waals surface area contributed by atoms with Crippen LogP contribution in [0.25, 0.3) is 0 Å². The SMILES string of the molecule is NC(=O)C1=CCC2CNCNC2=C1. The fraction of sp³-hybridized carbons (Fsp3) is 0.444. The van der Waals surface area contributed by atoms with Crippen LogP contribution in [0, 0.1) is 5.92 Å². The van der Waals surface area contributed by atoms with Crippen molar-refractivity contribution in [3.63, 3.8) is 0 Å². The van der Waals surface area contributed by atoms with E-state index in [0.717, 1.165) is 25.3 Å². The van der Waals surface area contributed by atoms with Gasteiger partial charge in [-0.2, -0.15) is 0 Å². The van der Waals surface area contributed by atoms with Crippen molar-refractivity contribution in [2.45, 2.75) is 6.42 Å². The Morgan fingerprint density at radius 1 is 1.62 bits per heavy atom. The molecule has 1 amide bonds. The van der Waals surface area contributed by atoms with Crippen molar-refractivity contribution in [2.24, 2.45) is 11.7 Å². The zero-order valence-electron chi connectivity index (χ0n) is 7.34. The van der Waals surface area contributed by atoms with Crippen molar-refractivity contribution in [1.29, 1.82) is 0 Å². The quantitative estimate of drug-likeness (QED) is 0.506. The third kappa shape index (κ3) is 1.58. The number of primary amides is 1. The second-order valence-corrected chi connectivity index (χ2v) is 3.36. The fourth-order valence-corrected chi connectivity index (χ4v) is 1.71. The molecule has 0 radical (unpaired) electrons. The minimum absolute atomic E-state index is 0.341. The average molecular weight is 179 g/mol. The van der Waals surface area contributed by atoms with Crippen molar-refractivity contribution in [1.82, 2.24) is 10.6 Å². The maximum atomic E-state index is 10.9. The highest BCUT2D eigenvalue weighted by Crippen LogP contribution is 2.22. The van der Waals surface area contributed by atoms with Crippen LogP contribution >= 0.6 is 0 Å². The summed E-state index contributed by atoms with van der Waals surface area (Å²) in [5.74, 6) is 0.142. The summed E-state index contributed by atoms with van der Waals surface area (Å²) in [6.07, 6.45) is 4.66. The summed E-state index contributed by atoms with van der Waals surface area (Å²) in [7, 11) is 0. The Kier molecular flexibility index (Phi) is 2.06. The number of carbonyl (C=O) groups excluding carboxylic acids is 1. The number of nitrogens with two attached hydrogens (primary N) is 1. The van der Waals surface area contributed by atoms with Gasteiger partial charge in [0.25, 0.3) is 0 Å². The highest BCUT2D eigenvalue weighted by Gasteiger charge is 2.21. The largest absolute Gasteiger partial charge is 0.376 e. The van der Waals surface area contributed by atoms with E-state index in [2.05, 4.69) is 10.6 Å². The predicted octanol–water partition coefficient (Wildman–Crippen LogP) is -0.548. The Hall–Kier alpha value is -1.29. The van der Waals surface area contributed by atoms with Gasteiger partial charge in [-0.05, 0) is 12.5 Å². The molecule has 0 aromatic carbocycles. The molecule has 0 aromatic heterocycles. The summed E-state index contributed by atoms with van der Waals surface area (Å²) < 4.78 is 0. The molecule has 1 heterocycles. The summed E-state index contributed by atoms with van der Waals surface area (Å²) in [5.41, 5.74) is 6.95. The van der Waals surface area contributed by atoms with Crippen molar-refractivity contribution in [3.05, 3.63) is 23.4 Å². The molecule has 70 valence electrons. The number of allylic oxidation sites excluding steroid dienone is 1. The first kappa shape index (κ1) is 8.31. The number of hydrogen-bond acceptors (Lipinski definition) is 3. The Morgan fingerprint density at radius 3 is 3.23 bits per heavy atom. The molecule has 4 N–H and O–H groups in total. The molecule has 0 aromatic rings. The molecule has 4 heteroatoms. The zero-order chi connectivity index (χ0) is 9.26. The summed E-state index contributed by atoms with van der Waals surface area (Å²) in [5, 5.41) is 6.44. The molecule has 0 spiro atoms. The average Bonchev–Trinajstić information content (AvgIpc) is 2.17. The van der Waals surface area contributed by atoms with E-state index in [-0.39, 0.29) is 5.91 Å². The molecule has 1 fully saturated rings. The summed E-state index contributed by atoms with van der Waals surface area (Å²) in [6, 6.07) is 0. The Bertz CT molecular complexity index is 293. The molecule has 1 atom stereocenters. The Morgan fingerprint density at radius 2 is 2.46 bits per heavy atom. The van der Waals surface area contributed by atoms with Crippen LogP contribution in [0.1, 0.15) is 6.42 Å². The highest BCUT2D eigenvalue weighted by molar-refractivity contribution is 5.95. The van der Waals surface area contributed by atoms with Crippen LogP contribution < -0.4 is 16.4 Å². The van der Waals surface area contributed by atoms with Gasteiger partial charge in [-0.15, -0.1) is 0 Å². The van der Waals surface area contributed by atoms with E-state index < -0.39 is 0 Å². The van der Waals surface area contributed by atoms with Crippen molar-refractivity contribution in [2.75, 3.05) is 13.2 Å². The van der Waals surface area contributed by atoms with Crippen molar-refractivity contribution in [3.8, 4) is 0 Å². The van der Waals surface area contributed by atoms with Crippen LogP contribution in [-0.2, 0) is 4.79 Å². The molecule has 1 aliphatic heterocycles. The van der Waals surface area contributed by atoms with Gasteiger partial charge in [-0.25, -0.2) is 0 Å². The van der Waals surface area contributed by atoms with E-state index in [1.165, 1.54) is 0 Å². The summed E-state index contributed by atoms with van der Waals surface area (Å²) in [4.78, 5) is 10.9. The van der Waals surface area contributed by atoms with E-state index in [1.54, 1.807) is 0 Å². The van der Waals surface area contributed by atoms with E-state index >= 15 is 0 Å². The van der Waals surface area contributed by atoms with E-state index in [0.29, 0.717) is 11.5 Å². The summed E-state index contributed by atoms with van der Waals surface area (Å²) >= 11 is 0. The zero-order valence-corrected chi connectivity index (χ0v) is 7.34. The Balaban J connectivity index is 2.18. The second kappa shape index (κ2) is 3.22. The number of fused-ring (bicyclic) bond motifs is 1. The predicted molar refractivity (Wildman–Crippen MR) is 49.5 cm³/mol. The molecule has 2 rings (SSSR count). The van der Waals surface area contributed by atoms with Crippen LogP contribution in [0.15, 0.2) is 23.4 Å². The topological polar surface area (TPSA) is 67.2 Å². The van der Waals surface area contributed by atoms with Gasteiger partial charge < -0.3 is 11.1 Å². The molecular formula is C9H13N3O. The number of nitrogens with one attached hydrogen (secondary N) is 2. The maximum absolute atomic E-state index is 10.9. The lowest BCUT2D eigenvalue weighted by molar-refractivity contribution is -0.114. The third-order valence-corrected chi connectivity index (χ3v) is 2.47. The first-order valence-electron chi connectivity index (χ1n) is 4.43. The fourth-order valence-electron chi connectivity index (χ4n) is 1.71. The highest BCUT2D eigenvalue weighted by atomic mass is 16.1. The minimum atomic E-state index is -0.341. The van der Waals surface area contributed by atoms with Crippen LogP contribution in [0.5, 0.6) is 0 Å². The lowest BCUT2D eigenvalue weighted by atomic mass is 9.91. The maximum Gasteiger partial charge on any atom is 0.248 e. The van der Waals surface area contributed by atoms with Gasteiger partial charge in [0.1, 0.15) is 0 Å². The van der Waals surface area contributed by atoms with E-state index in [1.807, 2.05) is 12.2 Å². The van der Waals surface area contributed by atoms with Gasteiger partial charge in [0.2, 0.25) is 5.91 Å². The van der Waals surface area contributed by atoms with Crippen molar-refractivity contribution < 1.29 is 4.79 Å². The van der Waals surface area contributed by atoms with E-state index in [4.69, 9.17) is 5.73 Å². The molecule has 2 aliphatic rings. The monoisotopic (exact) mass is 179 g/mol. The lowest BCUT2D eigenvalue weighted by Gasteiger charge is -2.29. The van der Waals surface area contributed by atoms with Gasteiger partial charge in [0, 0.05) is 23.7 Å². The second-order valence-electron chi connectivity index (χ2n) is 3.36. The smallest absolute Gasteiger partial charge is 0.248 e. The van der Waals surface area contributed by atoms with Gasteiger partial charge in [0.15, 0.2) is 0 Å². The van der Waals surface area contributed by atoms with E-state index in [9.17, 15) is 4.79 Å². The van der Waals surface area contributed by atoms with Crippen molar-refractivity contribution >= 4 is 5.91 Å². The number of rotatable bonds is 1. The van der Waals surface area contributed by atoms with Gasteiger partial charge >= 0.3 is 0 Å². The molecule has 0 bridgehead atoms. The normalized spacial score (nSPS) is 26.6. The van der Waals surface area contributed by atoms with Gasteiger partial charge in [-0.3, -0.25) is 10.1 Å². The molecule has 1 unspecified atom stereocenters. The van der Waals surface area contributed by atoms with Gasteiger partial charge in [-0.1, -0.05) is 6.08 Å². The molecule has 0 saturated carbocycles. The molecule has 4 nitrogen and oxygen atoms in total. The minimum Gasteiger partial charge on any atom is -0.376 e. The molecule has 1 saturated heterocycles. The lowest BCUT2D eigenvalue weighted by Crippen LogP contribution is -2.43. The van der Waals surface area contributed by atoms with Crippen LogP contribution in [0.3, 0.4) is 0 Å². The third-order valence-electron chi connectivity index (χ3n) is 2.47. The first-order chi connectivity index (χ1) is 6.27. The molecule has 13 heavy (non-hydrogen) atoms. The number of amides is 1. The Labute approximate surface area is 76.9 Å². The van der Waals surface area contributed by atoms with Crippen LogP contribution in [0.4, 0.5) is 0 Å². The number of hydrogen-bond donors (Lipinski definition) is 3. The first-order valence-corrected chi connectivity index (χ1v) is 4.43. The standard InChI is InChI=1S/C9H13N3O/c10-9(13)6-1-2-7-4-11-5-12-8(7)3-6/h1,3,7,11-12H,2,4-5H2,(H2,10,13). The number of carbonyl (C=O) groups is 1. The van der Waals surface area contributed by atoms with Gasteiger partial charge in [0.05, 0.1) is 6.67 Å². The molecular weight excluding hydrogens is 166 g/mol. The summed E-state index contributed by atoms with van der Waals surface area (Å²) in [6.45, 7) is 1.75. The molecule has 1 aliphatic carbocycles.